The van der Waals surface area contributed by atoms with Crippen LogP contribution in [0.3, 0.4) is 0 Å². The number of nitrogens with zero attached hydrogens (tertiary/aromatic N) is 2. The maximum absolute atomic E-state index is 12.7. The van der Waals surface area contributed by atoms with E-state index in [4.69, 9.17) is 4.74 Å². The van der Waals surface area contributed by atoms with Crippen LogP contribution in [0.5, 0.6) is 5.75 Å². The first-order valence-electron chi connectivity index (χ1n) is 9.59. The van der Waals surface area contributed by atoms with Crippen molar-refractivity contribution in [2.24, 2.45) is 5.92 Å². The number of piperidine rings is 1. The summed E-state index contributed by atoms with van der Waals surface area (Å²) in [7, 11) is 2.13. The highest BCUT2D eigenvalue weighted by atomic mass is 16.5. The van der Waals surface area contributed by atoms with Gasteiger partial charge in [0.2, 0.25) is 0 Å². The first kappa shape index (κ1) is 18.4. The second-order valence-electron chi connectivity index (χ2n) is 7.33. The summed E-state index contributed by atoms with van der Waals surface area (Å²) in [5, 5.41) is 3.40. The molecule has 1 aromatic rings. The first-order valence-corrected chi connectivity index (χ1v) is 9.59. The van der Waals surface area contributed by atoms with E-state index in [-0.39, 0.29) is 5.78 Å². The van der Waals surface area contributed by atoms with Gasteiger partial charge in [0.25, 0.3) is 0 Å². The Morgan fingerprint density at radius 1 is 1.16 bits per heavy atom. The smallest absolute Gasteiger partial charge is 0.180 e. The summed E-state index contributed by atoms with van der Waals surface area (Å²) in [5.41, 5.74) is 0.728. The summed E-state index contributed by atoms with van der Waals surface area (Å²) in [4.78, 5) is 17.3. The quantitative estimate of drug-likeness (QED) is 0.765. The lowest BCUT2D eigenvalue weighted by Crippen LogP contribution is -2.46. The highest BCUT2D eigenvalue weighted by Crippen LogP contribution is 2.21. The zero-order valence-electron chi connectivity index (χ0n) is 15.4. The number of benzene rings is 1. The SMILES string of the molecule is CN1CCN(CC(=O)c2ccccc2OCCC2CCNCC2)CC1. The minimum absolute atomic E-state index is 0.169. The van der Waals surface area contributed by atoms with Crippen LogP contribution in [0.15, 0.2) is 24.3 Å². The van der Waals surface area contributed by atoms with E-state index in [1.54, 1.807) is 0 Å². The molecule has 0 aliphatic carbocycles. The molecular weight excluding hydrogens is 314 g/mol. The van der Waals surface area contributed by atoms with E-state index >= 15 is 0 Å². The number of para-hydroxylation sites is 1. The summed E-state index contributed by atoms with van der Waals surface area (Å²) in [6.07, 6.45) is 3.53. The summed E-state index contributed by atoms with van der Waals surface area (Å²) >= 11 is 0. The molecular formula is C20H31N3O2. The van der Waals surface area contributed by atoms with Gasteiger partial charge in [-0.25, -0.2) is 0 Å². The van der Waals surface area contributed by atoms with Crippen molar-refractivity contribution in [3.63, 3.8) is 0 Å². The Hall–Kier alpha value is -1.43. The molecule has 2 heterocycles. The number of carbonyl (C=O) groups excluding carboxylic acids is 1. The van der Waals surface area contributed by atoms with Gasteiger partial charge in [0.05, 0.1) is 18.7 Å². The van der Waals surface area contributed by atoms with Gasteiger partial charge in [0.1, 0.15) is 5.75 Å². The third kappa shape index (κ3) is 5.53. The fraction of sp³-hybridized carbons (Fsp3) is 0.650. The molecule has 0 amide bonds. The van der Waals surface area contributed by atoms with Crippen molar-refractivity contribution in [2.75, 3.05) is 59.5 Å². The van der Waals surface area contributed by atoms with Crippen LogP contribution in [0.4, 0.5) is 0 Å². The molecule has 5 heteroatoms. The Morgan fingerprint density at radius 3 is 2.64 bits per heavy atom. The van der Waals surface area contributed by atoms with E-state index in [2.05, 4.69) is 22.2 Å². The minimum Gasteiger partial charge on any atom is -0.493 e. The summed E-state index contributed by atoms with van der Waals surface area (Å²) in [6.45, 7) is 7.40. The minimum atomic E-state index is 0.169. The Kier molecular flexibility index (Phi) is 6.84. The Bertz CT molecular complexity index is 550. The predicted molar refractivity (Wildman–Crippen MR) is 100 cm³/mol. The number of piperazine rings is 1. The van der Waals surface area contributed by atoms with Gasteiger partial charge in [-0.1, -0.05) is 12.1 Å². The van der Waals surface area contributed by atoms with Gasteiger partial charge in [0.15, 0.2) is 5.78 Å². The van der Waals surface area contributed by atoms with Crippen molar-refractivity contribution < 1.29 is 9.53 Å². The van der Waals surface area contributed by atoms with E-state index in [1.165, 1.54) is 12.8 Å². The van der Waals surface area contributed by atoms with Crippen molar-refractivity contribution in [1.29, 1.82) is 0 Å². The molecule has 2 aliphatic rings. The Morgan fingerprint density at radius 2 is 1.88 bits per heavy atom. The predicted octanol–water partition coefficient (Wildman–Crippen LogP) is 1.89. The fourth-order valence-electron chi connectivity index (χ4n) is 3.62. The topological polar surface area (TPSA) is 44.8 Å². The van der Waals surface area contributed by atoms with Crippen molar-refractivity contribution in [2.45, 2.75) is 19.3 Å². The van der Waals surface area contributed by atoms with Gasteiger partial charge in [0, 0.05) is 26.2 Å². The Balaban J connectivity index is 1.51. The largest absolute Gasteiger partial charge is 0.493 e. The van der Waals surface area contributed by atoms with Crippen LogP contribution in [-0.2, 0) is 0 Å². The number of hydrogen-bond acceptors (Lipinski definition) is 5. The van der Waals surface area contributed by atoms with Crippen molar-refractivity contribution >= 4 is 5.78 Å². The third-order valence-corrected chi connectivity index (χ3v) is 5.39. The van der Waals surface area contributed by atoms with Crippen LogP contribution in [-0.4, -0.2) is 75.1 Å². The molecule has 0 atom stereocenters. The fourth-order valence-corrected chi connectivity index (χ4v) is 3.62. The van der Waals surface area contributed by atoms with Crippen LogP contribution in [0.25, 0.3) is 0 Å². The molecule has 2 fully saturated rings. The maximum Gasteiger partial charge on any atom is 0.180 e. The van der Waals surface area contributed by atoms with E-state index in [1.807, 2.05) is 24.3 Å². The molecule has 0 bridgehead atoms. The number of carbonyl (C=O) groups is 1. The molecule has 1 N–H and O–H groups in total. The molecule has 5 nitrogen and oxygen atoms in total. The number of hydrogen-bond donors (Lipinski definition) is 1. The molecule has 0 saturated carbocycles. The van der Waals surface area contributed by atoms with Crippen molar-refractivity contribution in [3.8, 4) is 5.75 Å². The van der Waals surface area contributed by atoms with Crippen LogP contribution in [0, 0.1) is 5.92 Å². The van der Waals surface area contributed by atoms with Crippen LogP contribution in [0.1, 0.15) is 29.6 Å². The van der Waals surface area contributed by atoms with Gasteiger partial charge < -0.3 is 15.0 Å². The van der Waals surface area contributed by atoms with E-state index in [0.717, 1.165) is 62.9 Å². The monoisotopic (exact) mass is 345 g/mol. The van der Waals surface area contributed by atoms with Gasteiger partial charge in [-0.2, -0.15) is 0 Å². The second-order valence-corrected chi connectivity index (χ2v) is 7.33. The summed E-state index contributed by atoms with van der Waals surface area (Å²) in [6, 6.07) is 7.71. The molecule has 25 heavy (non-hydrogen) atoms. The van der Waals surface area contributed by atoms with Gasteiger partial charge in [-0.05, 0) is 57.5 Å². The lowest BCUT2D eigenvalue weighted by atomic mass is 9.95. The number of nitrogens with one attached hydrogen (secondary N) is 1. The number of ketones is 1. The normalized spacial score (nSPS) is 20.5. The number of ether oxygens (including phenoxy) is 1. The van der Waals surface area contributed by atoms with Crippen LogP contribution >= 0.6 is 0 Å². The maximum atomic E-state index is 12.7. The molecule has 0 spiro atoms. The lowest BCUT2D eigenvalue weighted by molar-refractivity contribution is 0.0872. The van der Waals surface area contributed by atoms with Gasteiger partial charge in [-0.15, -0.1) is 0 Å². The molecule has 2 saturated heterocycles. The van der Waals surface area contributed by atoms with Gasteiger partial charge in [-0.3, -0.25) is 9.69 Å². The molecule has 138 valence electrons. The highest BCUT2D eigenvalue weighted by Gasteiger charge is 2.20. The van der Waals surface area contributed by atoms with E-state index < -0.39 is 0 Å². The molecule has 1 aromatic carbocycles. The second kappa shape index (κ2) is 9.32. The van der Waals surface area contributed by atoms with Gasteiger partial charge >= 0.3 is 0 Å². The molecule has 0 radical (unpaired) electrons. The number of likely N-dealkylation sites (N-methyl/N-ethyl adjacent to an activating group) is 1. The standard InChI is InChI=1S/C20H31N3O2/c1-22-11-13-23(14-12-22)16-19(24)18-4-2-3-5-20(18)25-15-8-17-6-9-21-10-7-17/h2-5,17,21H,6-16H2,1H3. The average Bonchev–Trinajstić information content (AvgIpc) is 2.65. The summed E-state index contributed by atoms with van der Waals surface area (Å²) in [5.74, 6) is 1.66. The zero-order chi connectivity index (χ0) is 17.5. The first-order chi connectivity index (χ1) is 12.2. The third-order valence-electron chi connectivity index (χ3n) is 5.39. The van der Waals surface area contributed by atoms with Crippen LogP contribution in [0.2, 0.25) is 0 Å². The summed E-state index contributed by atoms with van der Waals surface area (Å²) < 4.78 is 6.00. The lowest BCUT2D eigenvalue weighted by Gasteiger charge is -2.31. The number of rotatable bonds is 7. The van der Waals surface area contributed by atoms with E-state index in [0.29, 0.717) is 13.2 Å². The number of Topliss-reactive ketones (excluding diaryl/α,β-unsaturated/α-hetero) is 1. The average molecular weight is 345 g/mol. The molecule has 0 unspecified atom stereocenters. The van der Waals surface area contributed by atoms with Crippen molar-refractivity contribution in [1.82, 2.24) is 15.1 Å². The van der Waals surface area contributed by atoms with Crippen LogP contribution < -0.4 is 10.1 Å². The van der Waals surface area contributed by atoms with E-state index in [9.17, 15) is 4.79 Å². The molecule has 0 aromatic heterocycles. The molecule has 2 aliphatic heterocycles. The highest BCUT2D eigenvalue weighted by molar-refractivity contribution is 6.00. The zero-order valence-corrected chi connectivity index (χ0v) is 15.4. The van der Waals surface area contributed by atoms with Crippen molar-refractivity contribution in [3.05, 3.63) is 29.8 Å². The Labute approximate surface area is 151 Å². The molecule has 3 rings (SSSR count).